The molecule has 0 saturated heterocycles. The first-order chi connectivity index (χ1) is 7.65. The number of hydrogen-bond acceptors (Lipinski definition) is 4. The van der Waals surface area contributed by atoms with Crippen molar-refractivity contribution in [2.75, 3.05) is 0 Å². The maximum Gasteiger partial charge on any atom is 0.281 e. The first kappa shape index (κ1) is 11.0. The molecular formula is C10H6Cl2N2O2. The van der Waals surface area contributed by atoms with Gasteiger partial charge >= 0.3 is 0 Å². The summed E-state index contributed by atoms with van der Waals surface area (Å²) in [6.07, 6.45) is 0. The molecule has 1 N–H and O–H groups in total. The number of nitrogens with zero attached hydrogens (tertiary/aromatic N) is 2. The van der Waals surface area contributed by atoms with E-state index in [4.69, 9.17) is 27.9 Å². The van der Waals surface area contributed by atoms with E-state index in [-0.39, 0.29) is 16.8 Å². The Morgan fingerprint density at radius 1 is 1.12 bits per heavy atom. The maximum atomic E-state index is 9.48. The predicted octanol–water partition coefficient (Wildman–Crippen LogP) is 3.28. The molecule has 0 fully saturated rings. The molecular weight excluding hydrogens is 251 g/mol. The molecule has 4 nitrogen and oxygen atoms in total. The smallest absolute Gasteiger partial charge is 0.281 e. The SMILES string of the molecule is Oc1cc(Cl)nnc1Oc1cccc(Cl)c1. The number of aromatic hydroxyl groups is 1. The van der Waals surface area contributed by atoms with E-state index in [2.05, 4.69) is 10.2 Å². The summed E-state index contributed by atoms with van der Waals surface area (Å²) < 4.78 is 5.28. The number of benzene rings is 1. The zero-order valence-electron chi connectivity index (χ0n) is 7.89. The second kappa shape index (κ2) is 4.55. The van der Waals surface area contributed by atoms with Gasteiger partial charge in [0.05, 0.1) is 0 Å². The van der Waals surface area contributed by atoms with Crippen LogP contribution in [0.2, 0.25) is 10.2 Å². The lowest BCUT2D eigenvalue weighted by molar-refractivity contribution is 0.392. The highest BCUT2D eigenvalue weighted by atomic mass is 35.5. The first-order valence-electron chi connectivity index (χ1n) is 4.31. The van der Waals surface area contributed by atoms with Crippen LogP contribution in [-0.2, 0) is 0 Å². The molecule has 0 atom stereocenters. The molecule has 16 heavy (non-hydrogen) atoms. The van der Waals surface area contributed by atoms with E-state index >= 15 is 0 Å². The number of rotatable bonds is 2. The molecule has 2 rings (SSSR count). The van der Waals surface area contributed by atoms with Crippen molar-refractivity contribution in [1.29, 1.82) is 0 Å². The highest BCUT2D eigenvalue weighted by Crippen LogP contribution is 2.29. The zero-order valence-corrected chi connectivity index (χ0v) is 9.40. The first-order valence-corrected chi connectivity index (χ1v) is 5.06. The van der Waals surface area contributed by atoms with Crippen molar-refractivity contribution in [2.24, 2.45) is 0 Å². The van der Waals surface area contributed by atoms with Crippen LogP contribution < -0.4 is 4.74 Å². The fourth-order valence-corrected chi connectivity index (χ4v) is 1.38. The van der Waals surface area contributed by atoms with Crippen molar-refractivity contribution < 1.29 is 9.84 Å². The van der Waals surface area contributed by atoms with Gasteiger partial charge in [0.1, 0.15) is 5.75 Å². The van der Waals surface area contributed by atoms with Crippen LogP contribution in [0.5, 0.6) is 17.4 Å². The van der Waals surface area contributed by atoms with Crippen molar-refractivity contribution in [3.05, 3.63) is 40.5 Å². The van der Waals surface area contributed by atoms with E-state index < -0.39 is 0 Å². The molecule has 0 aliphatic carbocycles. The van der Waals surface area contributed by atoms with Gasteiger partial charge in [-0.15, -0.1) is 10.2 Å². The van der Waals surface area contributed by atoms with E-state index in [1.807, 2.05) is 0 Å². The van der Waals surface area contributed by atoms with Crippen LogP contribution in [0.25, 0.3) is 0 Å². The largest absolute Gasteiger partial charge is 0.503 e. The molecule has 6 heteroatoms. The van der Waals surface area contributed by atoms with E-state index in [1.54, 1.807) is 24.3 Å². The lowest BCUT2D eigenvalue weighted by Gasteiger charge is -2.05. The highest BCUT2D eigenvalue weighted by molar-refractivity contribution is 6.30. The van der Waals surface area contributed by atoms with Gasteiger partial charge < -0.3 is 9.84 Å². The molecule has 1 aromatic heterocycles. The van der Waals surface area contributed by atoms with Crippen molar-refractivity contribution in [3.8, 4) is 17.4 Å². The zero-order chi connectivity index (χ0) is 11.5. The summed E-state index contributed by atoms with van der Waals surface area (Å²) in [6.45, 7) is 0. The average Bonchev–Trinajstić information content (AvgIpc) is 2.22. The number of ether oxygens (including phenoxy) is 1. The van der Waals surface area contributed by atoms with Gasteiger partial charge in [-0.3, -0.25) is 0 Å². The summed E-state index contributed by atoms with van der Waals surface area (Å²) in [5.41, 5.74) is 0. The predicted molar refractivity (Wildman–Crippen MR) is 60.2 cm³/mol. The third-order valence-corrected chi connectivity index (χ3v) is 2.14. The minimum Gasteiger partial charge on any atom is -0.503 e. The Bertz CT molecular complexity index is 520. The monoisotopic (exact) mass is 256 g/mol. The Morgan fingerprint density at radius 2 is 1.94 bits per heavy atom. The van der Waals surface area contributed by atoms with Crippen LogP contribution in [0, 0.1) is 0 Å². The molecule has 0 amide bonds. The van der Waals surface area contributed by atoms with E-state index in [0.29, 0.717) is 10.8 Å². The summed E-state index contributed by atoms with van der Waals surface area (Å²) in [7, 11) is 0. The van der Waals surface area contributed by atoms with Gasteiger partial charge in [-0.05, 0) is 18.2 Å². The molecule has 0 radical (unpaired) electrons. The van der Waals surface area contributed by atoms with Crippen LogP contribution >= 0.6 is 23.2 Å². The van der Waals surface area contributed by atoms with Gasteiger partial charge in [0.2, 0.25) is 0 Å². The average molecular weight is 257 g/mol. The van der Waals surface area contributed by atoms with Gasteiger partial charge in [-0.1, -0.05) is 29.3 Å². The van der Waals surface area contributed by atoms with Crippen molar-refractivity contribution in [2.45, 2.75) is 0 Å². The second-order valence-corrected chi connectivity index (χ2v) is 3.74. The molecule has 1 aromatic carbocycles. The van der Waals surface area contributed by atoms with Gasteiger partial charge in [0, 0.05) is 11.1 Å². The van der Waals surface area contributed by atoms with Gasteiger partial charge in [0.25, 0.3) is 5.88 Å². The fourth-order valence-electron chi connectivity index (χ4n) is 1.06. The topological polar surface area (TPSA) is 55.2 Å². The fraction of sp³-hybridized carbons (Fsp3) is 0. The highest BCUT2D eigenvalue weighted by Gasteiger charge is 2.07. The number of halogens is 2. The standard InChI is InChI=1S/C10H6Cl2N2O2/c11-6-2-1-3-7(4-6)16-10-8(15)5-9(12)13-14-10/h1-5H,(H,13,15). The Labute approximate surface area is 101 Å². The van der Waals surface area contributed by atoms with Gasteiger partial charge in [-0.2, -0.15) is 0 Å². The van der Waals surface area contributed by atoms with E-state index in [1.165, 1.54) is 6.07 Å². The Morgan fingerprint density at radius 3 is 2.62 bits per heavy atom. The van der Waals surface area contributed by atoms with Gasteiger partial charge in [-0.25, -0.2) is 0 Å². The normalized spacial score (nSPS) is 10.1. The van der Waals surface area contributed by atoms with Crippen LogP contribution in [0.4, 0.5) is 0 Å². The summed E-state index contributed by atoms with van der Waals surface area (Å²) in [4.78, 5) is 0. The Hall–Kier alpha value is -1.52. The summed E-state index contributed by atoms with van der Waals surface area (Å²) in [5.74, 6) is 0.256. The summed E-state index contributed by atoms with van der Waals surface area (Å²) in [6, 6.07) is 7.95. The number of hydrogen-bond donors (Lipinski definition) is 1. The van der Waals surface area contributed by atoms with Crippen LogP contribution in [0.1, 0.15) is 0 Å². The molecule has 0 bridgehead atoms. The maximum absolute atomic E-state index is 9.48. The van der Waals surface area contributed by atoms with Crippen molar-refractivity contribution >= 4 is 23.2 Å². The minimum atomic E-state index is -0.181. The second-order valence-electron chi connectivity index (χ2n) is 2.92. The van der Waals surface area contributed by atoms with Crippen LogP contribution in [0.15, 0.2) is 30.3 Å². The lowest BCUT2D eigenvalue weighted by Crippen LogP contribution is -1.91. The van der Waals surface area contributed by atoms with Crippen LogP contribution in [-0.4, -0.2) is 15.3 Å². The molecule has 0 unspecified atom stereocenters. The number of aromatic nitrogens is 2. The third kappa shape index (κ3) is 2.53. The van der Waals surface area contributed by atoms with E-state index in [9.17, 15) is 5.11 Å². The van der Waals surface area contributed by atoms with Crippen LogP contribution in [0.3, 0.4) is 0 Å². The molecule has 1 heterocycles. The quantitative estimate of drug-likeness (QED) is 0.896. The molecule has 2 aromatic rings. The molecule has 0 saturated carbocycles. The van der Waals surface area contributed by atoms with E-state index in [0.717, 1.165) is 0 Å². The molecule has 82 valence electrons. The Balaban J connectivity index is 2.27. The minimum absolute atomic E-state index is 0.0216. The molecule has 0 aliphatic rings. The Kier molecular flexibility index (Phi) is 3.12. The van der Waals surface area contributed by atoms with Gasteiger partial charge in [0.15, 0.2) is 10.9 Å². The summed E-state index contributed by atoms with van der Waals surface area (Å²) >= 11 is 11.3. The third-order valence-electron chi connectivity index (χ3n) is 1.72. The lowest BCUT2D eigenvalue weighted by atomic mass is 10.3. The summed E-state index contributed by atoms with van der Waals surface area (Å²) in [5, 5.41) is 17.3. The van der Waals surface area contributed by atoms with Crippen molar-refractivity contribution in [3.63, 3.8) is 0 Å². The van der Waals surface area contributed by atoms with Crippen molar-refractivity contribution in [1.82, 2.24) is 10.2 Å². The molecule has 0 aliphatic heterocycles. The molecule has 0 spiro atoms.